The van der Waals surface area contributed by atoms with Gasteiger partial charge in [-0.05, 0) is 52.3 Å². The monoisotopic (exact) mass is 345 g/mol. The van der Waals surface area contributed by atoms with E-state index in [9.17, 15) is 4.79 Å². The molecule has 4 rings (SSSR count). The summed E-state index contributed by atoms with van der Waals surface area (Å²) in [5, 5.41) is 1.19. The normalized spacial score (nSPS) is 14.3. The lowest BCUT2D eigenvalue weighted by atomic mass is 9.84. The number of aromatic nitrogens is 1. The Balaban J connectivity index is 1.97. The van der Waals surface area contributed by atoms with Crippen LogP contribution in [0.15, 0.2) is 54.2 Å². The minimum absolute atomic E-state index is 0.0379. The van der Waals surface area contributed by atoms with Crippen molar-refractivity contribution in [2.75, 3.05) is 11.4 Å². The summed E-state index contributed by atoms with van der Waals surface area (Å²) in [6.07, 6.45) is 3.86. The lowest BCUT2D eigenvalue weighted by Gasteiger charge is -2.35. The predicted molar refractivity (Wildman–Crippen MR) is 108 cm³/mol. The fourth-order valence-corrected chi connectivity index (χ4v) is 3.62. The Kier molecular flexibility index (Phi) is 3.65. The number of amides is 1. The maximum Gasteiger partial charge on any atom is 0.246 e. The lowest BCUT2D eigenvalue weighted by Crippen LogP contribution is -2.31. The molecule has 132 valence electrons. The van der Waals surface area contributed by atoms with Gasteiger partial charge >= 0.3 is 0 Å². The number of primary amides is 1. The van der Waals surface area contributed by atoms with Gasteiger partial charge in [0.05, 0.1) is 6.54 Å². The molecule has 0 aliphatic carbocycles. The fourth-order valence-electron chi connectivity index (χ4n) is 3.62. The summed E-state index contributed by atoms with van der Waals surface area (Å²) in [4.78, 5) is 17.4. The Bertz CT molecular complexity index is 1040. The largest absolute Gasteiger partial charge is 0.366 e. The van der Waals surface area contributed by atoms with Crippen molar-refractivity contribution in [2.24, 2.45) is 5.73 Å². The van der Waals surface area contributed by atoms with Gasteiger partial charge in [0.15, 0.2) is 0 Å². The first-order valence-electron chi connectivity index (χ1n) is 8.83. The van der Waals surface area contributed by atoms with Crippen molar-refractivity contribution in [2.45, 2.75) is 26.2 Å². The summed E-state index contributed by atoms with van der Waals surface area (Å²) in [6, 6.07) is 14.6. The number of aromatic amines is 1. The molecule has 4 heteroatoms. The van der Waals surface area contributed by atoms with Crippen LogP contribution in [-0.2, 0) is 10.2 Å². The molecule has 1 aliphatic rings. The van der Waals surface area contributed by atoms with E-state index in [4.69, 9.17) is 5.73 Å². The second-order valence-electron chi connectivity index (χ2n) is 7.86. The minimum atomic E-state index is -0.372. The van der Waals surface area contributed by atoms with Gasteiger partial charge in [-0.15, -0.1) is 0 Å². The number of H-pyrrole nitrogens is 1. The molecule has 0 saturated heterocycles. The molecule has 2 heterocycles. The molecular formula is C22H23N3O. The van der Waals surface area contributed by atoms with Crippen LogP contribution in [0.25, 0.3) is 17.0 Å². The van der Waals surface area contributed by atoms with Gasteiger partial charge in [-0.1, -0.05) is 39.0 Å². The van der Waals surface area contributed by atoms with Gasteiger partial charge in [-0.25, -0.2) is 0 Å². The summed E-state index contributed by atoms with van der Waals surface area (Å²) in [6.45, 7) is 7.11. The molecule has 0 bridgehead atoms. The Morgan fingerprint density at radius 3 is 2.62 bits per heavy atom. The van der Waals surface area contributed by atoms with E-state index in [2.05, 4.69) is 54.9 Å². The molecule has 0 spiro atoms. The highest BCUT2D eigenvalue weighted by molar-refractivity contribution is 6.01. The maximum atomic E-state index is 11.9. The summed E-state index contributed by atoms with van der Waals surface area (Å²) < 4.78 is 0. The van der Waals surface area contributed by atoms with Crippen LogP contribution in [-0.4, -0.2) is 17.4 Å². The number of carbonyl (C=O) groups excluding carboxylic acids is 1. The van der Waals surface area contributed by atoms with Crippen LogP contribution in [0, 0.1) is 0 Å². The molecule has 3 aromatic rings. The maximum absolute atomic E-state index is 11.9. The van der Waals surface area contributed by atoms with Crippen LogP contribution in [0.1, 0.15) is 31.9 Å². The van der Waals surface area contributed by atoms with E-state index in [1.165, 1.54) is 10.9 Å². The third kappa shape index (κ3) is 2.68. The zero-order valence-corrected chi connectivity index (χ0v) is 15.3. The van der Waals surface area contributed by atoms with Gasteiger partial charge < -0.3 is 15.6 Å². The quantitative estimate of drug-likeness (QED) is 0.719. The number of nitrogens with zero attached hydrogens (tertiary/aromatic N) is 1. The summed E-state index contributed by atoms with van der Waals surface area (Å²) in [5.74, 6) is -0.372. The number of hydrogen-bond donors (Lipinski definition) is 2. The highest BCUT2D eigenvalue weighted by atomic mass is 16.1. The molecule has 0 saturated carbocycles. The molecule has 1 aliphatic heterocycles. The zero-order chi connectivity index (χ0) is 18.5. The lowest BCUT2D eigenvalue weighted by molar-refractivity contribution is -0.114. The van der Waals surface area contributed by atoms with E-state index >= 15 is 0 Å². The number of hydrogen-bond acceptors (Lipinski definition) is 2. The molecule has 4 nitrogen and oxygen atoms in total. The Morgan fingerprint density at radius 2 is 1.88 bits per heavy atom. The highest BCUT2D eigenvalue weighted by Gasteiger charge is 2.27. The number of nitrogens with two attached hydrogens (primary N) is 1. The van der Waals surface area contributed by atoms with Crippen LogP contribution >= 0.6 is 0 Å². The molecule has 26 heavy (non-hydrogen) atoms. The van der Waals surface area contributed by atoms with E-state index in [-0.39, 0.29) is 11.3 Å². The van der Waals surface area contributed by atoms with Crippen LogP contribution in [0.2, 0.25) is 0 Å². The van der Waals surface area contributed by atoms with Crippen molar-refractivity contribution in [3.05, 3.63) is 65.4 Å². The molecule has 0 radical (unpaired) electrons. The van der Waals surface area contributed by atoms with E-state index in [1.54, 1.807) is 0 Å². The highest BCUT2D eigenvalue weighted by Crippen LogP contribution is 2.41. The van der Waals surface area contributed by atoms with Gasteiger partial charge in [0.25, 0.3) is 0 Å². The van der Waals surface area contributed by atoms with Gasteiger partial charge in [0.1, 0.15) is 0 Å². The van der Waals surface area contributed by atoms with Crippen molar-refractivity contribution in [1.82, 2.24) is 4.98 Å². The van der Waals surface area contributed by atoms with Crippen LogP contribution < -0.4 is 10.6 Å². The molecule has 3 N–H and O–H groups in total. The number of nitrogens with one attached hydrogen (secondary N) is 1. The fraction of sp³-hybridized carbons (Fsp3) is 0.227. The van der Waals surface area contributed by atoms with Crippen LogP contribution in [0.5, 0.6) is 0 Å². The molecular weight excluding hydrogens is 322 g/mol. The third-order valence-corrected chi connectivity index (χ3v) is 4.97. The number of benzene rings is 2. The van der Waals surface area contributed by atoms with Crippen molar-refractivity contribution in [1.29, 1.82) is 0 Å². The van der Waals surface area contributed by atoms with Crippen molar-refractivity contribution < 1.29 is 4.79 Å². The molecule has 2 aromatic carbocycles. The molecule has 1 aromatic heterocycles. The van der Waals surface area contributed by atoms with Crippen molar-refractivity contribution in [3.8, 4) is 0 Å². The SMILES string of the molecule is CC(C)(C)c1cc2cc[nH]c2cc1N1CC(C(N)=O)=Cc2ccccc21. The Morgan fingerprint density at radius 1 is 1.12 bits per heavy atom. The van der Waals surface area contributed by atoms with E-state index in [0.717, 1.165) is 22.5 Å². The number of anilines is 2. The zero-order valence-electron chi connectivity index (χ0n) is 15.3. The molecule has 1 amide bonds. The minimum Gasteiger partial charge on any atom is -0.366 e. The van der Waals surface area contributed by atoms with Gasteiger partial charge in [-0.2, -0.15) is 0 Å². The summed E-state index contributed by atoms with van der Waals surface area (Å²) in [7, 11) is 0. The number of rotatable bonds is 2. The first-order chi connectivity index (χ1) is 12.3. The van der Waals surface area contributed by atoms with Crippen molar-refractivity contribution >= 4 is 34.3 Å². The number of para-hydroxylation sites is 1. The number of carbonyl (C=O) groups is 1. The predicted octanol–water partition coefficient (Wildman–Crippen LogP) is 4.49. The summed E-state index contributed by atoms with van der Waals surface area (Å²) in [5.41, 5.74) is 11.7. The van der Waals surface area contributed by atoms with Crippen LogP contribution in [0.3, 0.4) is 0 Å². The van der Waals surface area contributed by atoms with Crippen LogP contribution in [0.4, 0.5) is 11.4 Å². The van der Waals surface area contributed by atoms with E-state index in [0.29, 0.717) is 12.1 Å². The second-order valence-corrected chi connectivity index (χ2v) is 7.86. The standard InChI is InChI=1S/C22H23N3O/c1-22(2,3)17-11-14-8-9-24-18(14)12-20(17)25-13-16(21(23)26)10-15-6-4-5-7-19(15)25/h4-12,24H,13H2,1-3H3,(H2,23,26). The van der Waals surface area contributed by atoms with Crippen molar-refractivity contribution in [3.63, 3.8) is 0 Å². The van der Waals surface area contributed by atoms with Gasteiger partial charge in [0.2, 0.25) is 5.91 Å². The summed E-state index contributed by atoms with van der Waals surface area (Å²) >= 11 is 0. The van der Waals surface area contributed by atoms with Gasteiger partial charge in [0, 0.05) is 28.7 Å². The van der Waals surface area contributed by atoms with Gasteiger partial charge in [-0.3, -0.25) is 4.79 Å². The number of fused-ring (bicyclic) bond motifs is 2. The smallest absolute Gasteiger partial charge is 0.246 e. The second kappa shape index (κ2) is 5.77. The molecule has 0 unspecified atom stereocenters. The van der Waals surface area contributed by atoms with E-state index < -0.39 is 0 Å². The average molecular weight is 345 g/mol. The first-order valence-corrected chi connectivity index (χ1v) is 8.83. The Labute approximate surface area is 153 Å². The molecule has 0 atom stereocenters. The average Bonchev–Trinajstić information content (AvgIpc) is 3.06. The molecule has 0 fully saturated rings. The first kappa shape index (κ1) is 16.5. The Hall–Kier alpha value is -3.01. The van der Waals surface area contributed by atoms with E-state index in [1.807, 2.05) is 30.5 Å². The topological polar surface area (TPSA) is 62.1 Å². The third-order valence-electron chi connectivity index (χ3n) is 4.97.